The van der Waals surface area contributed by atoms with E-state index in [0.29, 0.717) is 6.04 Å². The average molecular weight is 246 g/mol. The van der Waals surface area contributed by atoms with Crippen molar-refractivity contribution in [3.63, 3.8) is 0 Å². The summed E-state index contributed by atoms with van der Waals surface area (Å²) in [6.07, 6.45) is 1.15. The minimum Gasteiger partial charge on any atom is -0.380 e. The van der Waals surface area contributed by atoms with Crippen molar-refractivity contribution >= 4 is 0 Å². The fraction of sp³-hybridized carbons (Fsp3) is 1.00. The number of hydrogen-bond donors (Lipinski definition) is 1. The second kappa shape index (κ2) is 12.3. The second-order valence-corrected chi connectivity index (χ2v) is 4.09. The van der Waals surface area contributed by atoms with E-state index in [2.05, 4.69) is 17.1 Å². The summed E-state index contributed by atoms with van der Waals surface area (Å²) < 4.78 is 10.8. The molecule has 0 aliphatic rings. The van der Waals surface area contributed by atoms with E-state index in [1.54, 1.807) is 0 Å². The highest BCUT2D eigenvalue weighted by molar-refractivity contribution is 4.69. The van der Waals surface area contributed by atoms with Gasteiger partial charge in [-0.2, -0.15) is 0 Å². The minimum absolute atomic E-state index is 0.554. The van der Waals surface area contributed by atoms with Crippen LogP contribution in [0.3, 0.4) is 0 Å². The van der Waals surface area contributed by atoms with Crippen molar-refractivity contribution in [1.29, 1.82) is 0 Å². The van der Waals surface area contributed by atoms with Gasteiger partial charge in [0.15, 0.2) is 0 Å². The molecule has 0 rings (SSSR count). The summed E-state index contributed by atoms with van der Waals surface area (Å²) >= 11 is 0. The summed E-state index contributed by atoms with van der Waals surface area (Å²) in [4.78, 5) is 2.41. The Hall–Kier alpha value is -0.160. The molecule has 1 N–H and O–H groups in total. The fourth-order valence-electron chi connectivity index (χ4n) is 1.71. The van der Waals surface area contributed by atoms with Crippen LogP contribution in [0.5, 0.6) is 0 Å². The highest BCUT2D eigenvalue weighted by Gasteiger charge is 2.10. The molecule has 0 radical (unpaired) electrons. The highest BCUT2D eigenvalue weighted by atomic mass is 16.5. The lowest BCUT2D eigenvalue weighted by atomic mass is 10.2. The number of ether oxygens (including phenoxy) is 2. The van der Waals surface area contributed by atoms with Crippen molar-refractivity contribution in [2.24, 2.45) is 0 Å². The van der Waals surface area contributed by atoms with Crippen LogP contribution >= 0.6 is 0 Å². The van der Waals surface area contributed by atoms with Gasteiger partial charge in [0, 0.05) is 38.9 Å². The van der Waals surface area contributed by atoms with E-state index >= 15 is 0 Å². The van der Waals surface area contributed by atoms with Crippen molar-refractivity contribution in [2.45, 2.75) is 33.2 Å². The molecule has 1 unspecified atom stereocenters. The minimum atomic E-state index is 0.554. The Balaban J connectivity index is 3.90. The van der Waals surface area contributed by atoms with Crippen molar-refractivity contribution in [3.05, 3.63) is 0 Å². The van der Waals surface area contributed by atoms with E-state index in [1.807, 2.05) is 20.9 Å². The molecule has 0 saturated heterocycles. The van der Waals surface area contributed by atoms with Gasteiger partial charge >= 0.3 is 0 Å². The zero-order valence-electron chi connectivity index (χ0n) is 12.0. The molecule has 0 aromatic rings. The molecule has 1 atom stereocenters. The number of rotatable bonds is 12. The van der Waals surface area contributed by atoms with Crippen molar-refractivity contribution < 1.29 is 9.47 Å². The van der Waals surface area contributed by atoms with Crippen molar-refractivity contribution in [3.8, 4) is 0 Å². The lowest BCUT2D eigenvalue weighted by molar-refractivity contribution is 0.0786. The maximum absolute atomic E-state index is 5.42. The number of nitrogens with one attached hydrogen (secondary N) is 1. The molecule has 0 fully saturated rings. The van der Waals surface area contributed by atoms with Gasteiger partial charge in [-0.3, -0.25) is 4.90 Å². The van der Waals surface area contributed by atoms with E-state index in [-0.39, 0.29) is 0 Å². The van der Waals surface area contributed by atoms with E-state index in [0.717, 1.165) is 52.5 Å². The Kier molecular flexibility index (Phi) is 12.2. The van der Waals surface area contributed by atoms with Crippen LogP contribution in [0.2, 0.25) is 0 Å². The van der Waals surface area contributed by atoms with Crippen molar-refractivity contribution in [1.82, 2.24) is 10.2 Å². The van der Waals surface area contributed by atoms with E-state index in [4.69, 9.17) is 9.47 Å². The predicted molar refractivity (Wildman–Crippen MR) is 72.6 cm³/mol. The van der Waals surface area contributed by atoms with Crippen LogP contribution in [-0.2, 0) is 9.47 Å². The summed E-state index contributed by atoms with van der Waals surface area (Å²) in [6.45, 7) is 12.5. The topological polar surface area (TPSA) is 33.7 Å². The van der Waals surface area contributed by atoms with Gasteiger partial charge in [0.2, 0.25) is 0 Å². The summed E-state index contributed by atoms with van der Waals surface area (Å²) in [5, 5.41) is 3.34. The van der Waals surface area contributed by atoms with Crippen LogP contribution < -0.4 is 5.32 Å². The molecule has 4 nitrogen and oxygen atoms in total. The lowest BCUT2D eigenvalue weighted by Gasteiger charge is -2.26. The molecule has 4 heteroatoms. The molecule has 0 aliphatic carbocycles. The first-order valence-electron chi connectivity index (χ1n) is 6.83. The molecule has 0 heterocycles. The predicted octanol–water partition coefficient (Wildman–Crippen LogP) is 1.36. The first-order chi connectivity index (χ1) is 8.28. The van der Waals surface area contributed by atoms with E-state index < -0.39 is 0 Å². The normalized spacial score (nSPS) is 13.2. The molecule has 0 aromatic carbocycles. The summed E-state index contributed by atoms with van der Waals surface area (Å²) in [7, 11) is 2.03. The van der Waals surface area contributed by atoms with Crippen LogP contribution in [0.4, 0.5) is 0 Å². The standard InChI is InChI=1S/C13H30N2O2/c1-5-13(14-4)12-15(8-10-16-6-2)9-11-17-7-3/h13-14H,5-12H2,1-4H3. The Morgan fingerprint density at radius 2 is 1.53 bits per heavy atom. The quantitative estimate of drug-likeness (QED) is 0.527. The van der Waals surface area contributed by atoms with Gasteiger partial charge in [0.25, 0.3) is 0 Å². The molecule has 0 amide bonds. The third kappa shape index (κ3) is 9.53. The summed E-state index contributed by atoms with van der Waals surface area (Å²) in [5.74, 6) is 0. The molecular formula is C13H30N2O2. The fourth-order valence-corrected chi connectivity index (χ4v) is 1.71. The van der Waals surface area contributed by atoms with E-state index in [1.165, 1.54) is 0 Å². The molecule has 104 valence electrons. The third-order valence-corrected chi connectivity index (χ3v) is 2.89. The third-order valence-electron chi connectivity index (χ3n) is 2.89. The molecule has 0 saturated carbocycles. The van der Waals surface area contributed by atoms with Crippen LogP contribution in [0, 0.1) is 0 Å². The number of hydrogen-bond acceptors (Lipinski definition) is 4. The van der Waals surface area contributed by atoms with Crippen molar-refractivity contribution in [2.75, 3.05) is 53.1 Å². The number of likely N-dealkylation sites (N-methyl/N-ethyl adjacent to an activating group) is 1. The molecule has 0 spiro atoms. The maximum atomic E-state index is 5.42. The van der Waals surface area contributed by atoms with Gasteiger partial charge in [-0.25, -0.2) is 0 Å². The summed E-state index contributed by atoms with van der Waals surface area (Å²) in [5.41, 5.74) is 0. The first kappa shape index (κ1) is 16.8. The smallest absolute Gasteiger partial charge is 0.0593 e. The zero-order chi connectivity index (χ0) is 12.9. The van der Waals surface area contributed by atoms with Crippen LogP contribution in [-0.4, -0.2) is 64.1 Å². The maximum Gasteiger partial charge on any atom is 0.0593 e. The highest BCUT2D eigenvalue weighted by Crippen LogP contribution is 1.97. The van der Waals surface area contributed by atoms with Crippen LogP contribution in [0.15, 0.2) is 0 Å². The van der Waals surface area contributed by atoms with Gasteiger partial charge in [-0.15, -0.1) is 0 Å². The number of nitrogens with zero attached hydrogens (tertiary/aromatic N) is 1. The molecule has 0 aromatic heterocycles. The largest absolute Gasteiger partial charge is 0.380 e. The average Bonchev–Trinajstić information content (AvgIpc) is 2.35. The second-order valence-electron chi connectivity index (χ2n) is 4.09. The van der Waals surface area contributed by atoms with Crippen LogP contribution in [0.25, 0.3) is 0 Å². The molecule has 0 bridgehead atoms. The van der Waals surface area contributed by atoms with Gasteiger partial charge in [-0.05, 0) is 27.3 Å². The summed E-state index contributed by atoms with van der Waals surface area (Å²) in [6, 6.07) is 0.554. The zero-order valence-corrected chi connectivity index (χ0v) is 12.0. The van der Waals surface area contributed by atoms with Gasteiger partial charge in [0.1, 0.15) is 0 Å². The molecular weight excluding hydrogens is 216 g/mol. The lowest BCUT2D eigenvalue weighted by Crippen LogP contribution is -2.42. The van der Waals surface area contributed by atoms with Gasteiger partial charge < -0.3 is 14.8 Å². The Labute approximate surface area is 107 Å². The molecule has 0 aliphatic heterocycles. The Bertz CT molecular complexity index is 142. The Morgan fingerprint density at radius 3 is 1.88 bits per heavy atom. The van der Waals surface area contributed by atoms with E-state index in [9.17, 15) is 0 Å². The monoisotopic (exact) mass is 246 g/mol. The SMILES string of the molecule is CCOCCN(CCOCC)CC(CC)NC. The van der Waals surface area contributed by atoms with Gasteiger partial charge in [-0.1, -0.05) is 6.92 Å². The molecule has 17 heavy (non-hydrogen) atoms. The van der Waals surface area contributed by atoms with Crippen LogP contribution in [0.1, 0.15) is 27.2 Å². The Morgan fingerprint density at radius 1 is 1.00 bits per heavy atom. The first-order valence-corrected chi connectivity index (χ1v) is 6.83. The van der Waals surface area contributed by atoms with Gasteiger partial charge in [0.05, 0.1) is 13.2 Å².